The summed E-state index contributed by atoms with van der Waals surface area (Å²) in [7, 11) is 0. The number of benzene rings is 1. The first kappa shape index (κ1) is 21.8. The summed E-state index contributed by atoms with van der Waals surface area (Å²) in [4.78, 5) is 40.8. The molecule has 0 spiro atoms. The van der Waals surface area contributed by atoms with Gasteiger partial charge in [0.05, 0.1) is 18.2 Å². The van der Waals surface area contributed by atoms with Crippen molar-refractivity contribution in [1.29, 1.82) is 0 Å². The molecule has 3 rings (SSSR count). The normalized spacial score (nSPS) is 19.9. The first-order chi connectivity index (χ1) is 14.4. The van der Waals surface area contributed by atoms with E-state index in [0.717, 1.165) is 12.0 Å². The standard InChI is InChI=1S/C22H30N4O4/c1-4-16-6-8-17(9-7-16)20-19(21(28)30-5-2)18(23-22(29)24-20)14-25-10-12-26(13-11-25)15(3)27/h6-9,20H,4-5,10-14H2,1-3H3,(H2,23,24,29)/t20-/m0/s1. The smallest absolute Gasteiger partial charge is 0.338 e. The molecule has 8 heteroatoms. The van der Waals surface area contributed by atoms with Gasteiger partial charge in [-0.2, -0.15) is 0 Å². The first-order valence-corrected chi connectivity index (χ1v) is 10.5. The number of esters is 1. The van der Waals surface area contributed by atoms with E-state index in [2.05, 4.69) is 22.5 Å². The van der Waals surface area contributed by atoms with E-state index in [1.165, 1.54) is 5.56 Å². The van der Waals surface area contributed by atoms with Gasteiger partial charge in [-0.15, -0.1) is 0 Å². The summed E-state index contributed by atoms with van der Waals surface area (Å²) in [5.74, 6) is -0.376. The van der Waals surface area contributed by atoms with Crippen molar-refractivity contribution in [3.05, 3.63) is 46.7 Å². The highest BCUT2D eigenvalue weighted by Crippen LogP contribution is 2.28. The number of ether oxygens (including phenoxy) is 1. The topological polar surface area (TPSA) is 91.0 Å². The minimum atomic E-state index is -0.572. The van der Waals surface area contributed by atoms with Crippen molar-refractivity contribution < 1.29 is 19.1 Å². The van der Waals surface area contributed by atoms with Gasteiger partial charge in [-0.1, -0.05) is 31.2 Å². The summed E-state index contributed by atoms with van der Waals surface area (Å²) in [6.45, 7) is 8.69. The van der Waals surface area contributed by atoms with Crippen LogP contribution in [0, 0.1) is 0 Å². The third-order valence-corrected chi connectivity index (χ3v) is 5.57. The van der Waals surface area contributed by atoms with Crippen molar-refractivity contribution in [3.63, 3.8) is 0 Å². The molecule has 3 amide bonds. The Kier molecular flexibility index (Phi) is 7.10. The van der Waals surface area contributed by atoms with Crippen molar-refractivity contribution >= 4 is 17.9 Å². The third kappa shape index (κ3) is 4.99. The molecule has 1 fully saturated rings. The number of nitrogens with one attached hydrogen (secondary N) is 2. The molecule has 8 nitrogen and oxygen atoms in total. The number of rotatable bonds is 6. The number of hydrogen-bond acceptors (Lipinski definition) is 5. The average Bonchev–Trinajstić information content (AvgIpc) is 2.74. The zero-order valence-electron chi connectivity index (χ0n) is 17.9. The van der Waals surface area contributed by atoms with Crippen LogP contribution in [0.3, 0.4) is 0 Å². The van der Waals surface area contributed by atoms with Gasteiger partial charge in [0.25, 0.3) is 0 Å². The van der Waals surface area contributed by atoms with Crippen molar-refractivity contribution in [2.45, 2.75) is 33.2 Å². The maximum Gasteiger partial charge on any atom is 0.338 e. The van der Waals surface area contributed by atoms with E-state index in [0.29, 0.717) is 44.0 Å². The van der Waals surface area contributed by atoms with Crippen LogP contribution in [0.5, 0.6) is 0 Å². The first-order valence-electron chi connectivity index (χ1n) is 10.5. The molecule has 1 atom stereocenters. The number of piperazine rings is 1. The van der Waals surface area contributed by atoms with Crippen LogP contribution >= 0.6 is 0 Å². The molecule has 2 aliphatic heterocycles. The van der Waals surface area contributed by atoms with Gasteiger partial charge in [-0.3, -0.25) is 9.69 Å². The second-order valence-electron chi connectivity index (χ2n) is 7.52. The monoisotopic (exact) mass is 414 g/mol. The number of hydrogen-bond donors (Lipinski definition) is 2. The largest absolute Gasteiger partial charge is 0.463 e. The van der Waals surface area contributed by atoms with E-state index in [9.17, 15) is 14.4 Å². The molecule has 162 valence electrons. The fraction of sp³-hybridized carbons (Fsp3) is 0.500. The molecule has 0 aliphatic carbocycles. The minimum Gasteiger partial charge on any atom is -0.463 e. The Morgan fingerprint density at radius 2 is 1.77 bits per heavy atom. The molecule has 0 bridgehead atoms. The second-order valence-corrected chi connectivity index (χ2v) is 7.52. The molecule has 0 radical (unpaired) electrons. The van der Waals surface area contributed by atoms with Gasteiger partial charge in [0.15, 0.2) is 0 Å². The quantitative estimate of drug-likeness (QED) is 0.690. The van der Waals surface area contributed by atoms with E-state index in [4.69, 9.17) is 4.74 Å². The summed E-state index contributed by atoms with van der Waals surface area (Å²) in [6, 6.07) is 6.98. The van der Waals surface area contributed by atoms with E-state index in [-0.39, 0.29) is 18.5 Å². The molecule has 0 unspecified atom stereocenters. The molecular weight excluding hydrogens is 384 g/mol. The Balaban J connectivity index is 1.89. The Morgan fingerprint density at radius 1 is 1.10 bits per heavy atom. The van der Waals surface area contributed by atoms with Gasteiger partial charge < -0.3 is 20.3 Å². The summed E-state index contributed by atoms with van der Waals surface area (Å²) < 4.78 is 5.32. The average molecular weight is 415 g/mol. The van der Waals surface area contributed by atoms with E-state index in [1.807, 2.05) is 24.3 Å². The van der Waals surface area contributed by atoms with Gasteiger partial charge in [-0.05, 0) is 24.5 Å². The molecule has 1 saturated heterocycles. The predicted molar refractivity (Wildman–Crippen MR) is 113 cm³/mol. The zero-order chi connectivity index (χ0) is 21.7. The Labute approximate surface area is 177 Å². The molecule has 0 aromatic heterocycles. The lowest BCUT2D eigenvalue weighted by atomic mass is 9.94. The van der Waals surface area contributed by atoms with Crippen molar-refractivity contribution in [2.24, 2.45) is 0 Å². The zero-order valence-corrected chi connectivity index (χ0v) is 17.9. The number of amides is 3. The Morgan fingerprint density at radius 3 is 2.33 bits per heavy atom. The van der Waals surface area contributed by atoms with Gasteiger partial charge in [0.2, 0.25) is 5.91 Å². The third-order valence-electron chi connectivity index (χ3n) is 5.57. The van der Waals surface area contributed by atoms with Crippen molar-refractivity contribution in [1.82, 2.24) is 20.4 Å². The second kappa shape index (κ2) is 9.75. The van der Waals surface area contributed by atoms with Gasteiger partial charge in [0.1, 0.15) is 0 Å². The minimum absolute atomic E-state index is 0.0619. The summed E-state index contributed by atoms with van der Waals surface area (Å²) in [6.07, 6.45) is 0.914. The number of carbonyl (C=O) groups is 3. The van der Waals surface area contributed by atoms with Crippen LogP contribution in [0.15, 0.2) is 35.5 Å². The fourth-order valence-electron chi connectivity index (χ4n) is 3.83. The molecule has 0 saturated carbocycles. The van der Waals surface area contributed by atoms with E-state index < -0.39 is 12.0 Å². The summed E-state index contributed by atoms with van der Waals surface area (Å²) in [5.41, 5.74) is 3.00. The Bertz CT molecular complexity index is 826. The van der Waals surface area contributed by atoms with E-state index >= 15 is 0 Å². The van der Waals surface area contributed by atoms with E-state index in [1.54, 1.807) is 18.7 Å². The highest BCUT2D eigenvalue weighted by molar-refractivity contribution is 5.95. The molecule has 1 aromatic rings. The molecule has 2 heterocycles. The Hall–Kier alpha value is -2.87. The van der Waals surface area contributed by atoms with Gasteiger partial charge in [0, 0.05) is 45.3 Å². The van der Waals surface area contributed by atoms with Crippen LogP contribution in [0.1, 0.15) is 37.9 Å². The lowest BCUT2D eigenvalue weighted by Gasteiger charge is -2.36. The predicted octanol–water partition coefficient (Wildman–Crippen LogP) is 1.58. The SMILES string of the molecule is CCOC(=O)C1=C(CN2CCN(C(C)=O)CC2)NC(=O)N[C@H]1c1ccc(CC)cc1. The van der Waals surface area contributed by atoms with Gasteiger partial charge in [-0.25, -0.2) is 9.59 Å². The van der Waals surface area contributed by atoms with Crippen LogP contribution in [0.4, 0.5) is 4.79 Å². The molecular formula is C22H30N4O4. The number of nitrogens with zero attached hydrogens (tertiary/aromatic N) is 2. The number of urea groups is 1. The number of carbonyl (C=O) groups excluding carboxylic acids is 3. The van der Waals surface area contributed by atoms with Gasteiger partial charge >= 0.3 is 12.0 Å². The summed E-state index contributed by atoms with van der Waals surface area (Å²) >= 11 is 0. The fourth-order valence-corrected chi connectivity index (χ4v) is 3.83. The van der Waals surface area contributed by atoms with Crippen molar-refractivity contribution in [3.8, 4) is 0 Å². The van der Waals surface area contributed by atoms with Crippen LogP contribution in [-0.4, -0.2) is 67.0 Å². The maximum atomic E-state index is 12.9. The molecule has 1 aromatic carbocycles. The number of aryl methyl sites for hydroxylation is 1. The highest BCUT2D eigenvalue weighted by Gasteiger charge is 2.34. The summed E-state index contributed by atoms with van der Waals surface area (Å²) in [5, 5.41) is 5.68. The van der Waals surface area contributed by atoms with Crippen LogP contribution in [-0.2, 0) is 20.7 Å². The van der Waals surface area contributed by atoms with Crippen molar-refractivity contribution in [2.75, 3.05) is 39.3 Å². The van der Waals surface area contributed by atoms with Crippen LogP contribution < -0.4 is 10.6 Å². The lowest BCUT2D eigenvalue weighted by molar-refractivity contribution is -0.139. The molecule has 2 aliphatic rings. The van der Waals surface area contributed by atoms with Crippen LogP contribution in [0.25, 0.3) is 0 Å². The highest BCUT2D eigenvalue weighted by atomic mass is 16.5. The lowest BCUT2D eigenvalue weighted by Crippen LogP contribution is -2.52. The maximum absolute atomic E-state index is 12.9. The molecule has 30 heavy (non-hydrogen) atoms. The van der Waals surface area contributed by atoms with Crippen LogP contribution in [0.2, 0.25) is 0 Å². The molecule has 2 N–H and O–H groups in total.